The highest BCUT2D eigenvalue weighted by Crippen LogP contribution is 2.37. The van der Waals surface area contributed by atoms with Crippen molar-refractivity contribution in [2.75, 3.05) is 18.5 Å². The SMILES string of the molecule is CC(CCO)CNc1cc(=O)[nH]c(C2CC2)n1. The van der Waals surface area contributed by atoms with Gasteiger partial charge in [0.2, 0.25) is 0 Å². The van der Waals surface area contributed by atoms with Gasteiger partial charge in [0, 0.05) is 25.1 Å². The normalized spacial score (nSPS) is 16.8. The monoisotopic (exact) mass is 237 g/mol. The van der Waals surface area contributed by atoms with Crippen molar-refractivity contribution in [3.05, 3.63) is 22.2 Å². The number of nitrogens with one attached hydrogen (secondary N) is 2. The Hall–Kier alpha value is -1.36. The zero-order valence-electron chi connectivity index (χ0n) is 10.1. The quantitative estimate of drug-likeness (QED) is 0.691. The third kappa shape index (κ3) is 3.56. The molecule has 17 heavy (non-hydrogen) atoms. The van der Waals surface area contributed by atoms with Gasteiger partial charge in [-0.05, 0) is 25.2 Å². The minimum atomic E-state index is -0.0980. The molecule has 5 nitrogen and oxygen atoms in total. The van der Waals surface area contributed by atoms with Crippen molar-refractivity contribution in [3.63, 3.8) is 0 Å². The van der Waals surface area contributed by atoms with Crippen molar-refractivity contribution >= 4 is 5.82 Å². The number of aromatic nitrogens is 2. The van der Waals surface area contributed by atoms with Gasteiger partial charge in [0.05, 0.1) is 0 Å². The van der Waals surface area contributed by atoms with E-state index < -0.39 is 0 Å². The number of aromatic amines is 1. The molecule has 0 radical (unpaired) electrons. The van der Waals surface area contributed by atoms with Gasteiger partial charge in [-0.15, -0.1) is 0 Å². The minimum absolute atomic E-state index is 0.0980. The predicted octanol–water partition coefficient (Wildman–Crippen LogP) is 1.08. The maximum absolute atomic E-state index is 11.4. The van der Waals surface area contributed by atoms with Crippen LogP contribution in [0.25, 0.3) is 0 Å². The van der Waals surface area contributed by atoms with Gasteiger partial charge in [0.15, 0.2) is 0 Å². The lowest BCUT2D eigenvalue weighted by Crippen LogP contribution is -2.17. The van der Waals surface area contributed by atoms with Gasteiger partial charge in [-0.1, -0.05) is 6.92 Å². The Kier molecular flexibility index (Phi) is 3.78. The molecule has 94 valence electrons. The summed E-state index contributed by atoms with van der Waals surface area (Å²) < 4.78 is 0. The molecule has 2 rings (SSSR count). The van der Waals surface area contributed by atoms with Gasteiger partial charge in [0.1, 0.15) is 11.6 Å². The second-order valence-corrected chi connectivity index (χ2v) is 4.79. The highest BCUT2D eigenvalue weighted by molar-refractivity contribution is 5.33. The van der Waals surface area contributed by atoms with E-state index in [9.17, 15) is 4.79 Å². The second-order valence-electron chi connectivity index (χ2n) is 4.79. The molecule has 0 bridgehead atoms. The van der Waals surface area contributed by atoms with Crippen LogP contribution >= 0.6 is 0 Å². The van der Waals surface area contributed by atoms with Crippen LogP contribution < -0.4 is 10.9 Å². The van der Waals surface area contributed by atoms with E-state index in [0.29, 0.717) is 17.7 Å². The molecule has 5 heteroatoms. The molecule has 1 aromatic heterocycles. The van der Waals surface area contributed by atoms with Crippen LogP contribution in [0.4, 0.5) is 5.82 Å². The Balaban J connectivity index is 1.97. The molecule has 0 saturated heterocycles. The van der Waals surface area contributed by atoms with E-state index in [1.165, 1.54) is 6.07 Å². The van der Waals surface area contributed by atoms with E-state index in [0.717, 1.165) is 31.6 Å². The Bertz CT molecular complexity index is 426. The molecular weight excluding hydrogens is 218 g/mol. The summed E-state index contributed by atoms with van der Waals surface area (Å²) in [4.78, 5) is 18.6. The standard InChI is InChI=1S/C12H19N3O2/c1-8(4-5-16)7-13-10-6-11(17)15-12(14-10)9-2-3-9/h6,8-9,16H,2-5,7H2,1H3,(H2,13,14,15,17). The predicted molar refractivity (Wildman–Crippen MR) is 66.2 cm³/mol. The van der Waals surface area contributed by atoms with Crippen molar-refractivity contribution in [3.8, 4) is 0 Å². The highest BCUT2D eigenvalue weighted by Gasteiger charge is 2.26. The second kappa shape index (κ2) is 5.31. The van der Waals surface area contributed by atoms with Crippen molar-refractivity contribution in [2.24, 2.45) is 5.92 Å². The van der Waals surface area contributed by atoms with Crippen LogP contribution in [0, 0.1) is 5.92 Å². The van der Waals surface area contributed by atoms with E-state index in [2.05, 4.69) is 22.2 Å². The summed E-state index contributed by atoms with van der Waals surface area (Å²) in [7, 11) is 0. The molecule has 1 fully saturated rings. The highest BCUT2D eigenvalue weighted by atomic mass is 16.3. The molecule has 1 aliphatic carbocycles. The van der Waals surface area contributed by atoms with Crippen LogP contribution in [-0.2, 0) is 0 Å². The van der Waals surface area contributed by atoms with Gasteiger partial charge >= 0.3 is 0 Å². The molecule has 1 atom stereocenters. The maximum atomic E-state index is 11.4. The lowest BCUT2D eigenvalue weighted by Gasteiger charge is -2.11. The number of anilines is 1. The topological polar surface area (TPSA) is 78.0 Å². The third-order valence-corrected chi connectivity index (χ3v) is 2.98. The fourth-order valence-corrected chi connectivity index (χ4v) is 1.72. The average molecular weight is 237 g/mol. The van der Waals surface area contributed by atoms with Crippen LogP contribution in [0.1, 0.15) is 37.9 Å². The summed E-state index contributed by atoms with van der Waals surface area (Å²) >= 11 is 0. The largest absolute Gasteiger partial charge is 0.396 e. The molecule has 1 aliphatic rings. The van der Waals surface area contributed by atoms with Crippen molar-refractivity contribution in [1.82, 2.24) is 9.97 Å². The van der Waals surface area contributed by atoms with Crippen LogP contribution in [0.15, 0.2) is 10.9 Å². The zero-order valence-corrected chi connectivity index (χ0v) is 10.1. The maximum Gasteiger partial charge on any atom is 0.252 e. The van der Waals surface area contributed by atoms with E-state index in [4.69, 9.17) is 5.11 Å². The fourth-order valence-electron chi connectivity index (χ4n) is 1.72. The van der Waals surface area contributed by atoms with Crippen molar-refractivity contribution in [1.29, 1.82) is 0 Å². The Morgan fingerprint density at radius 2 is 2.41 bits per heavy atom. The summed E-state index contributed by atoms with van der Waals surface area (Å²) in [5.74, 6) is 2.25. The van der Waals surface area contributed by atoms with E-state index in [1.54, 1.807) is 0 Å². The van der Waals surface area contributed by atoms with E-state index in [-0.39, 0.29) is 12.2 Å². The molecule has 1 saturated carbocycles. The number of H-pyrrole nitrogens is 1. The van der Waals surface area contributed by atoms with Crippen LogP contribution in [-0.4, -0.2) is 28.2 Å². The smallest absolute Gasteiger partial charge is 0.252 e. The summed E-state index contributed by atoms with van der Waals surface area (Å²) in [6.07, 6.45) is 2.99. The number of aliphatic hydroxyl groups is 1. The average Bonchev–Trinajstić information content (AvgIpc) is 3.10. The first kappa shape index (κ1) is 12.1. The third-order valence-electron chi connectivity index (χ3n) is 2.98. The van der Waals surface area contributed by atoms with Crippen molar-refractivity contribution < 1.29 is 5.11 Å². The first-order chi connectivity index (χ1) is 8.19. The molecule has 3 N–H and O–H groups in total. The molecule has 0 amide bonds. The summed E-state index contributed by atoms with van der Waals surface area (Å²) in [5.41, 5.74) is -0.0980. The van der Waals surface area contributed by atoms with Gasteiger partial charge < -0.3 is 15.4 Å². The lowest BCUT2D eigenvalue weighted by molar-refractivity contribution is 0.266. The van der Waals surface area contributed by atoms with E-state index in [1.807, 2.05) is 0 Å². The molecule has 1 unspecified atom stereocenters. The van der Waals surface area contributed by atoms with Crippen LogP contribution in [0.2, 0.25) is 0 Å². The number of nitrogens with zero attached hydrogens (tertiary/aromatic N) is 1. The molecular formula is C12H19N3O2. The first-order valence-corrected chi connectivity index (χ1v) is 6.15. The lowest BCUT2D eigenvalue weighted by atomic mass is 10.1. The summed E-state index contributed by atoms with van der Waals surface area (Å²) in [6.45, 7) is 2.97. The number of rotatable bonds is 6. The summed E-state index contributed by atoms with van der Waals surface area (Å²) in [5, 5.41) is 12.0. The summed E-state index contributed by atoms with van der Waals surface area (Å²) in [6, 6.07) is 1.48. The molecule has 0 aromatic carbocycles. The fraction of sp³-hybridized carbons (Fsp3) is 0.667. The van der Waals surface area contributed by atoms with Gasteiger partial charge in [0.25, 0.3) is 5.56 Å². The van der Waals surface area contributed by atoms with Gasteiger partial charge in [-0.2, -0.15) is 0 Å². The zero-order chi connectivity index (χ0) is 12.3. The van der Waals surface area contributed by atoms with Crippen LogP contribution in [0.3, 0.4) is 0 Å². The van der Waals surface area contributed by atoms with E-state index >= 15 is 0 Å². The Morgan fingerprint density at radius 1 is 1.65 bits per heavy atom. The molecule has 1 aromatic rings. The number of aliphatic hydroxyl groups excluding tert-OH is 1. The molecule has 0 spiro atoms. The van der Waals surface area contributed by atoms with Crippen molar-refractivity contribution in [2.45, 2.75) is 32.1 Å². The first-order valence-electron chi connectivity index (χ1n) is 6.15. The molecule has 0 aliphatic heterocycles. The van der Waals surface area contributed by atoms with Gasteiger partial charge in [-0.25, -0.2) is 4.98 Å². The Morgan fingerprint density at radius 3 is 3.06 bits per heavy atom. The Labute approximate surface area is 100 Å². The molecule has 1 heterocycles. The number of hydrogen-bond acceptors (Lipinski definition) is 4. The minimum Gasteiger partial charge on any atom is -0.396 e. The number of hydrogen-bond donors (Lipinski definition) is 3. The van der Waals surface area contributed by atoms with Crippen LogP contribution in [0.5, 0.6) is 0 Å². The van der Waals surface area contributed by atoms with Gasteiger partial charge in [-0.3, -0.25) is 4.79 Å².